The molecule has 11 heteroatoms. The maximum Gasteiger partial charge on any atom is 0.338 e. The zero-order valence-corrected chi connectivity index (χ0v) is 18.9. The van der Waals surface area contributed by atoms with Crippen LogP contribution in [0, 0.1) is 11.6 Å². The predicted octanol–water partition coefficient (Wildman–Crippen LogP) is 3.59. The molecule has 0 saturated heterocycles. The predicted molar refractivity (Wildman–Crippen MR) is 120 cm³/mol. The molecule has 0 bridgehead atoms. The molecule has 0 aromatic heterocycles. The first-order chi connectivity index (χ1) is 16.1. The highest BCUT2D eigenvalue weighted by Gasteiger charge is 2.24. The van der Waals surface area contributed by atoms with Gasteiger partial charge in [-0.1, -0.05) is 12.1 Å². The van der Waals surface area contributed by atoms with E-state index in [-0.39, 0.29) is 10.5 Å². The molecule has 3 aromatic rings. The lowest BCUT2D eigenvalue weighted by molar-refractivity contribution is -0.119. The van der Waals surface area contributed by atoms with Gasteiger partial charge in [0.05, 0.1) is 28.9 Å². The molecule has 0 atom stereocenters. The number of ether oxygens (including phenoxy) is 2. The Morgan fingerprint density at radius 3 is 2.35 bits per heavy atom. The second-order valence-electron chi connectivity index (χ2n) is 6.92. The third kappa shape index (κ3) is 5.49. The van der Waals surface area contributed by atoms with Crippen LogP contribution in [0.4, 0.5) is 20.2 Å². The number of methoxy groups -OCH3 is 1. The molecule has 0 aliphatic rings. The molecule has 0 spiro atoms. The number of hydrogen-bond acceptors (Lipinski definition) is 6. The van der Waals surface area contributed by atoms with E-state index < -0.39 is 45.8 Å². The highest BCUT2D eigenvalue weighted by Crippen LogP contribution is 2.30. The largest absolute Gasteiger partial charge is 0.495 e. The molecule has 0 fully saturated rings. The van der Waals surface area contributed by atoms with E-state index in [1.54, 1.807) is 24.3 Å². The molecule has 0 unspecified atom stereocenters. The van der Waals surface area contributed by atoms with Crippen molar-refractivity contribution in [3.63, 3.8) is 0 Å². The van der Waals surface area contributed by atoms with Crippen molar-refractivity contribution in [1.29, 1.82) is 0 Å². The number of nitrogens with one attached hydrogen (secondary N) is 1. The summed E-state index contributed by atoms with van der Waals surface area (Å²) in [6.07, 6.45) is 0. The van der Waals surface area contributed by atoms with Gasteiger partial charge in [0, 0.05) is 13.1 Å². The van der Waals surface area contributed by atoms with E-state index in [1.165, 1.54) is 38.4 Å². The maximum absolute atomic E-state index is 13.6. The smallest absolute Gasteiger partial charge is 0.338 e. The van der Waals surface area contributed by atoms with Crippen LogP contribution in [0.1, 0.15) is 10.4 Å². The topological polar surface area (TPSA) is 102 Å². The van der Waals surface area contributed by atoms with Gasteiger partial charge in [0.1, 0.15) is 17.4 Å². The highest BCUT2D eigenvalue weighted by molar-refractivity contribution is 7.92. The summed E-state index contributed by atoms with van der Waals surface area (Å²) >= 11 is 0. The molecule has 3 rings (SSSR count). The molecule has 178 valence electrons. The second-order valence-corrected chi connectivity index (χ2v) is 8.89. The van der Waals surface area contributed by atoms with Crippen LogP contribution in [0.2, 0.25) is 0 Å². The third-order valence-corrected chi connectivity index (χ3v) is 6.50. The fourth-order valence-corrected chi connectivity index (χ4v) is 4.14. The average Bonchev–Trinajstić information content (AvgIpc) is 2.84. The fourth-order valence-electron chi connectivity index (χ4n) is 2.93. The minimum absolute atomic E-state index is 0.0105. The van der Waals surface area contributed by atoms with Gasteiger partial charge >= 0.3 is 5.97 Å². The Bertz CT molecular complexity index is 1310. The summed E-state index contributed by atoms with van der Waals surface area (Å²) in [6.45, 7) is -0.759. The van der Waals surface area contributed by atoms with Crippen molar-refractivity contribution in [2.24, 2.45) is 0 Å². The minimum atomic E-state index is -3.96. The summed E-state index contributed by atoms with van der Waals surface area (Å²) in [7, 11) is -1.17. The zero-order valence-electron chi connectivity index (χ0n) is 18.1. The standard InChI is InChI=1S/C23H20F2N2O6S/c1-27(20-5-3-4-6-21(20)32-2)34(30,31)17-10-7-15(8-11-17)23(29)33-14-22(28)26-19-13-16(24)9-12-18(19)25/h3-13H,14H2,1-2H3,(H,26,28). The molecule has 8 nitrogen and oxygen atoms in total. The van der Waals surface area contributed by atoms with Crippen LogP contribution in [0.25, 0.3) is 0 Å². The number of para-hydroxylation sites is 2. The van der Waals surface area contributed by atoms with Crippen molar-refractivity contribution >= 4 is 33.3 Å². The summed E-state index contributed by atoms with van der Waals surface area (Å²) in [6, 6.07) is 14.0. The number of halogens is 2. The van der Waals surface area contributed by atoms with Gasteiger partial charge in [-0.3, -0.25) is 9.10 Å². The van der Waals surface area contributed by atoms with Crippen LogP contribution < -0.4 is 14.4 Å². The summed E-state index contributed by atoms with van der Waals surface area (Å²) in [5.41, 5.74) is -0.0763. The van der Waals surface area contributed by atoms with E-state index in [4.69, 9.17) is 9.47 Å². The molecule has 34 heavy (non-hydrogen) atoms. The number of nitrogens with zero attached hydrogens (tertiary/aromatic N) is 1. The number of benzene rings is 3. The number of carbonyl (C=O) groups excluding carboxylic acids is 2. The van der Waals surface area contributed by atoms with E-state index in [2.05, 4.69) is 5.32 Å². The molecular weight excluding hydrogens is 470 g/mol. The van der Waals surface area contributed by atoms with Crippen molar-refractivity contribution in [3.05, 3.63) is 83.9 Å². The maximum atomic E-state index is 13.6. The molecule has 0 aliphatic carbocycles. The van der Waals surface area contributed by atoms with Crippen molar-refractivity contribution in [1.82, 2.24) is 0 Å². The second kappa shape index (κ2) is 10.3. The lowest BCUT2D eigenvalue weighted by Crippen LogP contribution is -2.27. The zero-order chi connectivity index (χ0) is 24.9. The quantitative estimate of drug-likeness (QED) is 0.484. The van der Waals surface area contributed by atoms with Crippen LogP contribution in [-0.2, 0) is 19.6 Å². The lowest BCUT2D eigenvalue weighted by atomic mass is 10.2. The van der Waals surface area contributed by atoms with Gasteiger partial charge in [-0.15, -0.1) is 0 Å². The molecule has 0 aliphatic heterocycles. The van der Waals surface area contributed by atoms with E-state index in [9.17, 15) is 26.8 Å². The van der Waals surface area contributed by atoms with Crippen molar-refractivity contribution in [2.75, 3.05) is 30.4 Å². The molecule has 0 radical (unpaired) electrons. The van der Waals surface area contributed by atoms with Gasteiger partial charge in [-0.05, 0) is 48.5 Å². The Hall–Kier alpha value is -3.99. The number of esters is 1. The van der Waals surface area contributed by atoms with Gasteiger partial charge in [0.2, 0.25) is 0 Å². The molecule has 0 saturated carbocycles. The first kappa shape index (κ1) is 24.6. The Balaban J connectivity index is 1.65. The average molecular weight is 490 g/mol. The Labute approximate surface area is 194 Å². The van der Waals surface area contributed by atoms with E-state index in [0.29, 0.717) is 11.4 Å². The van der Waals surface area contributed by atoms with Crippen LogP contribution in [0.15, 0.2) is 71.6 Å². The number of rotatable bonds is 8. The summed E-state index contributed by atoms with van der Waals surface area (Å²) in [5, 5.41) is 2.10. The first-order valence-electron chi connectivity index (χ1n) is 9.77. The van der Waals surface area contributed by atoms with Crippen LogP contribution in [0.3, 0.4) is 0 Å². The molecule has 0 heterocycles. The first-order valence-corrected chi connectivity index (χ1v) is 11.2. The number of sulfonamides is 1. The van der Waals surface area contributed by atoms with Gasteiger partial charge in [0.15, 0.2) is 6.61 Å². The van der Waals surface area contributed by atoms with Gasteiger partial charge < -0.3 is 14.8 Å². The van der Waals surface area contributed by atoms with Gasteiger partial charge in [-0.25, -0.2) is 22.0 Å². The van der Waals surface area contributed by atoms with Gasteiger partial charge in [-0.2, -0.15) is 0 Å². The fraction of sp³-hybridized carbons (Fsp3) is 0.130. The van der Waals surface area contributed by atoms with Crippen LogP contribution >= 0.6 is 0 Å². The molecular formula is C23H20F2N2O6S. The summed E-state index contributed by atoms with van der Waals surface area (Å²) in [5.74, 6) is -3.02. The van der Waals surface area contributed by atoms with Crippen LogP contribution in [-0.4, -0.2) is 41.1 Å². The van der Waals surface area contributed by atoms with Gasteiger partial charge in [0.25, 0.3) is 15.9 Å². The number of hydrogen-bond donors (Lipinski definition) is 1. The Morgan fingerprint density at radius 1 is 1.00 bits per heavy atom. The Morgan fingerprint density at radius 2 is 1.68 bits per heavy atom. The van der Waals surface area contributed by atoms with Crippen molar-refractivity contribution in [3.8, 4) is 5.75 Å². The minimum Gasteiger partial charge on any atom is -0.495 e. The Kier molecular flexibility index (Phi) is 7.47. The van der Waals surface area contributed by atoms with Crippen molar-refractivity contribution < 1.29 is 36.3 Å². The normalized spacial score (nSPS) is 10.9. The molecule has 1 amide bonds. The highest BCUT2D eigenvalue weighted by atomic mass is 32.2. The van der Waals surface area contributed by atoms with Crippen LogP contribution in [0.5, 0.6) is 5.75 Å². The van der Waals surface area contributed by atoms with E-state index >= 15 is 0 Å². The number of amides is 1. The summed E-state index contributed by atoms with van der Waals surface area (Å²) < 4.78 is 63.8. The van der Waals surface area contributed by atoms with E-state index in [0.717, 1.165) is 22.5 Å². The number of anilines is 2. The molecule has 3 aromatic carbocycles. The monoisotopic (exact) mass is 490 g/mol. The third-order valence-electron chi connectivity index (χ3n) is 4.71. The SMILES string of the molecule is COc1ccccc1N(C)S(=O)(=O)c1ccc(C(=O)OCC(=O)Nc2cc(F)ccc2F)cc1. The molecule has 1 N–H and O–H groups in total. The summed E-state index contributed by atoms with van der Waals surface area (Å²) in [4.78, 5) is 24.0. The lowest BCUT2D eigenvalue weighted by Gasteiger charge is -2.21. The number of carbonyl (C=O) groups is 2. The van der Waals surface area contributed by atoms with E-state index in [1.807, 2.05) is 0 Å². The van der Waals surface area contributed by atoms with Crippen molar-refractivity contribution in [2.45, 2.75) is 4.90 Å².